The largest absolute Gasteiger partial charge is 0.445 e. The Labute approximate surface area is 185 Å². The summed E-state index contributed by atoms with van der Waals surface area (Å²) in [6.07, 6.45) is 12.3. The molecule has 2 aliphatic heterocycles. The summed E-state index contributed by atoms with van der Waals surface area (Å²) >= 11 is 0. The van der Waals surface area contributed by atoms with E-state index in [1.165, 1.54) is 19.3 Å². The fourth-order valence-electron chi connectivity index (χ4n) is 8.53. The lowest BCUT2D eigenvalue weighted by atomic mass is 9.47. The molecule has 1 amide bonds. The minimum atomic E-state index is -0.181. The first kappa shape index (κ1) is 19.8. The lowest BCUT2D eigenvalue weighted by Gasteiger charge is -2.57. The van der Waals surface area contributed by atoms with Gasteiger partial charge in [-0.1, -0.05) is 30.3 Å². The molecule has 4 aliphatic carbocycles. The molecule has 6 bridgehead atoms. The predicted octanol–water partition coefficient (Wildman–Crippen LogP) is 5.74. The Balaban J connectivity index is 1.14. The maximum absolute atomic E-state index is 13.9. The highest BCUT2D eigenvalue weighted by molar-refractivity contribution is 5.88. The van der Waals surface area contributed by atoms with Gasteiger partial charge in [0.05, 0.1) is 0 Å². The summed E-state index contributed by atoms with van der Waals surface area (Å²) in [7, 11) is 0. The van der Waals surface area contributed by atoms with Gasteiger partial charge in [-0.3, -0.25) is 4.79 Å². The van der Waals surface area contributed by atoms with Gasteiger partial charge >= 0.3 is 6.09 Å². The number of carbonyl (C=O) groups excluding carboxylic acids is 2. The average molecular weight is 422 g/mol. The predicted molar refractivity (Wildman–Crippen MR) is 118 cm³/mol. The third kappa shape index (κ3) is 3.50. The van der Waals surface area contributed by atoms with Crippen LogP contribution in [0.3, 0.4) is 0 Å². The first-order valence-corrected chi connectivity index (χ1v) is 12.6. The molecule has 6 aliphatic rings. The van der Waals surface area contributed by atoms with Gasteiger partial charge in [-0.25, -0.2) is 4.79 Å². The molecule has 0 spiro atoms. The van der Waals surface area contributed by atoms with Gasteiger partial charge in [-0.2, -0.15) is 0 Å². The number of fused-ring (bicyclic) bond motifs is 2. The quantitative estimate of drug-likeness (QED) is 0.623. The zero-order valence-electron chi connectivity index (χ0n) is 18.5. The van der Waals surface area contributed by atoms with Crippen molar-refractivity contribution in [2.24, 2.45) is 29.1 Å². The molecule has 2 heterocycles. The molecule has 2 saturated heterocycles. The lowest BCUT2D eigenvalue weighted by Crippen LogP contribution is -2.58. The molecule has 4 heteroatoms. The molecule has 6 fully saturated rings. The Bertz CT molecular complexity index is 800. The van der Waals surface area contributed by atoms with Gasteiger partial charge in [0.15, 0.2) is 0 Å². The van der Waals surface area contributed by atoms with E-state index < -0.39 is 0 Å². The van der Waals surface area contributed by atoms with Crippen LogP contribution in [0, 0.1) is 29.1 Å². The van der Waals surface area contributed by atoms with Crippen LogP contribution in [0.25, 0.3) is 0 Å². The van der Waals surface area contributed by atoms with Crippen molar-refractivity contribution < 1.29 is 14.3 Å². The van der Waals surface area contributed by atoms with Crippen LogP contribution in [0.4, 0.5) is 4.79 Å². The molecule has 4 saturated carbocycles. The molecule has 4 nitrogen and oxygen atoms in total. The highest BCUT2D eigenvalue weighted by Gasteiger charge is 2.57. The second-order valence-electron chi connectivity index (χ2n) is 11.4. The summed E-state index contributed by atoms with van der Waals surface area (Å²) in [4.78, 5) is 28.9. The van der Waals surface area contributed by atoms with Crippen LogP contribution in [-0.4, -0.2) is 28.9 Å². The van der Waals surface area contributed by atoms with Crippen molar-refractivity contribution in [1.82, 2.24) is 4.90 Å². The number of benzene rings is 1. The van der Waals surface area contributed by atoms with Gasteiger partial charge in [0.2, 0.25) is 0 Å². The summed E-state index contributed by atoms with van der Waals surface area (Å²) in [5.74, 6) is 3.17. The van der Waals surface area contributed by atoms with Crippen LogP contribution in [-0.2, 0) is 16.1 Å². The Morgan fingerprint density at radius 3 is 2.03 bits per heavy atom. The molecule has 0 aromatic heterocycles. The van der Waals surface area contributed by atoms with Crippen LogP contribution >= 0.6 is 0 Å². The van der Waals surface area contributed by atoms with E-state index in [9.17, 15) is 9.59 Å². The summed E-state index contributed by atoms with van der Waals surface area (Å²) in [5.41, 5.74) is 1.01. The second kappa shape index (κ2) is 7.64. The minimum Gasteiger partial charge on any atom is -0.445 e. The van der Waals surface area contributed by atoms with Crippen molar-refractivity contribution in [2.45, 2.75) is 89.3 Å². The number of carbonyl (C=O) groups is 2. The number of amides is 1. The van der Waals surface area contributed by atoms with Gasteiger partial charge < -0.3 is 9.64 Å². The van der Waals surface area contributed by atoms with E-state index in [2.05, 4.69) is 0 Å². The smallest absolute Gasteiger partial charge is 0.410 e. The highest BCUT2D eigenvalue weighted by Crippen LogP contribution is 2.61. The zero-order valence-corrected chi connectivity index (χ0v) is 18.5. The van der Waals surface area contributed by atoms with Crippen LogP contribution in [0.5, 0.6) is 0 Å². The number of ether oxygens (including phenoxy) is 1. The molecule has 1 aromatic carbocycles. The van der Waals surface area contributed by atoms with Crippen molar-refractivity contribution in [1.29, 1.82) is 0 Å². The van der Waals surface area contributed by atoms with Crippen molar-refractivity contribution in [3.8, 4) is 0 Å². The fourth-order valence-corrected chi connectivity index (χ4v) is 8.53. The summed E-state index contributed by atoms with van der Waals surface area (Å²) < 4.78 is 5.70. The molecule has 0 radical (unpaired) electrons. The standard InChI is InChI=1S/C27H35NO3/c29-25(27-14-19-9-20(15-27)11-21(10-19)16-27)22-12-23-7-4-8-24(13-22)28(23)26(30)31-17-18-5-2-1-3-6-18/h1-3,5-6,19-24H,4,7-17H2. The summed E-state index contributed by atoms with van der Waals surface area (Å²) in [5, 5.41) is 0. The van der Waals surface area contributed by atoms with E-state index in [4.69, 9.17) is 4.74 Å². The third-order valence-corrected chi connectivity index (χ3v) is 9.32. The van der Waals surface area contributed by atoms with E-state index in [1.807, 2.05) is 35.2 Å². The molecule has 2 unspecified atom stereocenters. The van der Waals surface area contributed by atoms with Crippen molar-refractivity contribution >= 4 is 11.9 Å². The summed E-state index contributed by atoms with van der Waals surface area (Å²) in [6, 6.07) is 10.3. The van der Waals surface area contributed by atoms with E-state index in [0.717, 1.165) is 74.7 Å². The van der Waals surface area contributed by atoms with Gasteiger partial charge in [-0.15, -0.1) is 0 Å². The molecular weight excluding hydrogens is 386 g/mol. The zero-order chi connectivity index (χ0) is 21.0. The first-order chi connectivity index (χ1) is 15.1. The van der Waals surface area contributed by atoms with Crippen LogP contribution in [0.15, 0.2) is 30.3 Å². The van der Waals surface area contributed by atoms with Crippen LogP contribution in [0.2, 0.25) is 0 Å². The van der Waals surface area contributed by atoms with Crippen LogP contribution in [0.1, 0.15) is 76.2 Å². The number of hydrogen-bond donors (Lipinski definition) is 0. The Kier molecular flexibility index (Phi) is 4.88. The van der Waals surface area contributed by atoms with E-state index in [1.54, 1.807) is 0 Å². The van der Waals surface area contributed by atoms with E-state index >= 15 is 0 Å². The molecule has 7 rings (SSSR count). The monoisotopic (exact) mass is 421 g/mol. The number of Topliss-reactive ketones (excluding diaryl/α,β-unsaturated/α-hetero) is 1. The average Bonchev–Trinajstić information content (AvgIpc) is 2.76. The van der Waals surface area contributed by atoms with E-state index in [-0.39, 0.29) is 29.5 Å². The third-order valence-electron chi connectivity index (χ3n) is 9.32. The molecule has 2 atom stereocenters. The van der Waals surface area contributed by atoms with Gasteiger partial charge in [0, 0.05) is 23.4 Å². The molecule has 1 aromatic rings. The van der Waals surface area contributed by atoms with Crippen molar-refractivity contribution in [2.75, 3.05) is 0 Å². The Morgan fingerprint density at radius 1 is 0.871 bits per heavy atom. The van der Waals surface area contributed by atoms with Gasteiger partial charge in [-0.05, 0) is 93.9 Å². The van der Waals surface area contributed by atoms with E-state index in [0.29, 0.717) is 12.4 Å². The molecular formula is C27H35NO3. The molecule has 166 valence electrons. The fraction of sp³-hybridized carbons (Fsp3) is 0.704. The second-order valence-corrected chi connectivity index (χ2v) is 11.4. The number of hydrogen-bond acceptors (Lipinski definition) is 3. The number of nitrogens with zero attached hydrogens (tertiary/aromatic N) is 1. The Hall–Kier alpha value is -1.84. The number of piperidine rings is 2. The SMILES string of the molecule is O=C(OCc1ccccc1)N1C2CCCC1CC(C(=O)C13CC4CC(CC(C4)C1)C3)C2. The maximum atomic E-state index is 13.9. The first-order valence-electron chi connectivity index (χ1n) is 12.6. The van der Waals surface area contributed by atoms with Crippen molar-refractivity contribution in [3.05, 3.63) is 35.9 Å². The lowest BCUT2D eigenvalue weighted by molar-refractivity contribution is -0.151. The summed E-state index contributed by atoms with van der Waals surface area (Å²) in [6.45, 7) is 0.325. The number of ketones is 1. The highest BCUT2D eigenvalue weighted by atomic mass is 16.6. The Morgan fingerprint density at radius 2 is 1.45 bits per heavy atom. The molecule has 31 heavy (non-hydrogen) atoms. The normalized spacial score (nSPS) is 40.6. The van der Waals surface area contributed by atoms with Crippen LogP contribution < -0.4 is 0 Å². The molecule has 0 N–H and O–H groups in total. The van der Waals surface area contributed by atoms with Gasteiger partial charge in [0.1, 0.15) is 12.4 Å². The topological polar surface area (TPSA) is 46.6 Å². The number of rotatable bonds is 4. The maximum Gasteiger partial charge on any atom is 0.410 e. The van der Waals surface area contributed by atoms with Gasteiger partial charge in [0.25, 0.3) is 0 Å². The minimum absolute atomic E-state index is 0.0102. The van der Waals surface area contributed by atoms with Crippen molar-refractivity contribution in [3.63, 3.8) is 0 Å².